The lowest BCUT2D eigenvalue weighted by Gasteiger charge is -2.23. The van der Waals surface area contributed by atoms with Gasteiger partial charge in [-0.1, -0.05) is 28.1 Å². The maximum Gasteiger partial charge on any atom is 0.408 e. The Morgan fingerprint density at radius 3 is 2.35 bits per heavy atom. The summed E-state index contributed by atoms with van der Waals surface area (Å²) in [6.45, 7) is 5.54. The number of halogens is 1. The largest absolute Gasteiger partial charge is 0.497 e. The average Bonchev–Trinajstić information content (AvgIpc) is 2.36. The van der Waals surface area contributed by atoms with Crippen LogP contribution in [0.4, 0.5) is 4.79 Å². The zero-order valence-corrected chi connectivity index (χ0v) is 14.0. The lowest BCUT2D eigenvalue weighted by molar-refractivity contribution is 0.0502. The number of methoxy groups -OCH3 is 1. The molecule has 0 fully saturated rings. The minimum absolute atomic E-state index is 0.0878. The summed E-state index contributed by atoms with van der Waals surface area (Å²) < 4.78 is 10.4. The fraction of sp³-hybridized carbons (Fsp3) is 0.533. The van der Waals surface area contributed by atoms with E-state index < -0.39 is 11.7 Å². The van der Waals surface area contributed by atoms with Crippen LogP contribution in [0.2, 0.25) is 0 Å². The number of hydrogen-bond donors (Lipinski definition) is 1. The Labute approximate surface area is 129 Å². The quantitative estimate of drug-likeness (QED) is 0.820. The summed E-state index contributed by atoms with van der Waals surface area (Å²) in [5.41, 5.74) is 0.527. The molecular formula is C15H22BrNO3. The first-order chi connectivity index (χ1) is 9.35. The third-order valence-corrected chi connectivity index (χ3v) is 3.06. The topological polar surface area (TPSA) is 47.6 Å². The first-order valence-corrected chi connectivity index (χ1v) is 7.67. The summed E-state index contributed by atoms with van der Waals surface area (Å²) in [6, 6.07) is 7.57. The summed E-state index contributed by atoms with van der Waals surface area (Å²) in [5, 5.41) is 3.69. The molecule has 0 saturated carbocycles. The van der Waals surface area contributed by atoms with Gasteiger partial charge in [0.1, 0.15) is 11.4 Å². The fourth-order valence-corrected chi connectivity index (χ4v) is 2.18. The van der Waals surface area contributed by atoms with Crippen molar-refractivity contribution in [2.45, 2.75) is 38.8 Å². The van der Waals surface area contributed by atoms with Crippen LogP contribution in [-0.4, -0.2) is 24.1 Å². The molecule has 1 aromatic carbocycles. The van der Waals surface area contributed by atoms with Gasteiger partial charge in [0.2, 0.25) is 0 Å². The minimum atomic E-state index is -0.497. The summed E-state index contributed by atoms with van der Waals surface area (Å²) in [5.74, 6) is 0.795. The van der Waals surface area contributed by atoms with Crippen molar-refractivity contribution in [2.75, 3.05) is 12.4 Å². The molecule has 112 valence electrons. The van der Waals surface area contributed by atoms with E-state index in [9.17, 15) is 4.79 Å². The molecule has 20 heavy (non-hydrogen) atoms. The number of alkyl halides is 1. The molecule has 0 aliphatic rings. The van der Waals surface area contributed by atoms with Crippen LogP contribution in [0, 0.1) is 0 Å². The lowest BCUT2D eigenvalue weighted by atomic mass is 10.0. The number of benzene rings is 1. The Kier molecular flexibility index (Phi) is 6.33. The normalized spacial score (nSPS) is 12.7. The van der Waals surface area contributed by atoms with Gasteiger partial charge in [-0.25, -0.2) is 4.79 Å². The summed E-state index contributed by atoms with van der Waals surface area (Å²) in [7, 11) is 1.63. The van der Waals surface area contributed by atoms with Crippen molar-refractivity contribution in [3.63, 3.8) is 0 Å². The molecule has 0 spiro atoms. The molecule has 0 aliphatic heterocycles. The van der Waals surface area contributed by atoms with Crippen molar-refractivity contribution in [1.29, 1.82) is 0 Å². The molecule has 0 bridgehead atoms. The van der Waals surface area contributed by atoms with Crippen LogP contribution in [0.5, 0.6) is 5.75 Å². The Morgan fingerprint density at radius 2 is 1.90 bits per heavy atom. The molecule has 0 unspecified atom stereocenters. The third kappa shape index (κ3) is 5.82. The Hall–Kier alpha value is -1.23. The third-order valence-electron chi connectivity index (χ3n) is 2.61. The van der Waals surface area contributed by atoms with E-state index in [-0.39, 0.29) is 6.04 Å². The van der Waals surface area contributed by atoms with Crippen LogP contribution < -0.4 is 10.1 Å². The van der Waals surface area contributed by atoms with Crippen molar-refractivity contribution in [3.8, 4) is 5.75 Å². The summed E-state index contributed by atoms with van der Waals surface area (Å²) >= 11 is 3.41. The number of amides is 1. The van der Waals surface area contributed by atoms with Gasteiger partial charge in [-0.15, -0.1) is 0 Å². The maximum atomic E-state index is 11.9. The molecule has 0 radical (unpaired) electrons. The molecular weight excluding hydrogens is 322 g/mol. The smallest absolute Gasteiger partial charge is 0.408 e. The summed E-state index contributed by atoms with van der Waals surface area (Å²) in [4.78, 5) is 11.9. The second-order valence-electron chi connectivity index (χ2n) is 5.45. The molecule has 0 heterocycles. The molecule has 0 aromatic heterocycles. The monoisotopic (exact) mass is 343 g/mol. The van der Waals surface area contributed by atoms with Crippen molar-refractivity contribution < 1.29 is 14.3 Å². The first-order valence-electron chi connectivity index (χ1n) is 6.55. The Morgan fingerprint density at radius 1 is 1.30 bits per heavy atom. The second kappa shape index (κ2) is 7.53. The Balaban J connectivity index is 2.74. The van der Waals surface area contributed by atoms with E-state index in [1.54, 1.807) is 7.11 Å². The predicted octanol–water partition coefficient (Wildman–Crippen LogP) is 4.05. The molecule has 1 N–H and O–H groups in total. The van der Waals surface area contributed by atoms with Crippen molar-refractivity contribution in [3.05, 3.63) is 29.8 Å². The van der Waals surface area contributed by atoms with E-state index in [0.29, 0.717) is 0 Å². The van der Waals surface area contributed by atoms with Gasteiger partial charge in [0.15, 0.2) is 0 Å². The van der Waals surface area contributed by atoms with Gasteiger partial charge in [-0.05, 0) is 44.9 Å². The zero-order valence-electron chi connectivity index (χ0n) is 12.4. The van der Waals surface area contributed by atoms with Crippen molar-refractivity contribution in [1.82, 2.24) is 5.32 Å². The van der Waals surface area contributed by atoms with E-state index in [2.05, 4.69) is 21.2 Å². The standard InChI is InChI=1S/C15H22BrNO3/c1-15(2,3)20-14(18)17-13(9-10-16)11-5-7-12(19-4)8-6-11/h5-8,13H,9-10H2,1-4H3,(H,17,18)/t13-/m1/s1. The van der Waals surface area contributed by atoms with Crippen LogP contribution in [0.15, 0.2) is 24.3 Å². The average molecular weight is 344 g/mol. The van der Waals surface area contributed by atoms with Crippen LogP contribution in [-0.2, 0) is 4.74 Å². The number of carbonyl (C=O) groups is 1. The molecule has 0 saturated heterocycles. The van der Waals surface area contributed by atoms with Crippen LogP contribution in [0.3, 0.4) is 0 Å². The van der Waals surface area contributed by atoms with E-state index in [0.717, 1.165) is 23.1 Å². The molecule has 1 aromatic rings. The highest BCUT2D eigenvalue weighted by molar-refractivity contribution is 9.09. The lowest BCUT2D eigenvalue weighted by Crippen LogP contribution is -2.35. The highest BCUT2D eigenvalue weighted by Gasteiger charge is 2.20. The van der Waals surface area contributed by atoms with Gasteiger partial charge in [0.05, 0.1) is 13.2 Å². The number of ether oxygens (including phenoxy) is 2. The molecule has 1 rings (SSSR count). The highest BCUT2D eigenvalue weighted by atomic mass is 79.9. The van der Waals surface area contributed by atoms with Gasteiger partial charge in [-0.3, -0.25) is 0 Å². The SMILES string of the molecule is COc1ccc([C@@H](CCBr)NC(=O)OC(C)(C)C)cc1. The Bertz CT molecular complexity index is 426. The molecule has 1 amide bonds. The predicted molar refractivity (Wildman–Crippen MR) is 83.5 cm³/mol. The van der Waals surface area contributed by atoms with Crippen molar-refractivity contribution >= 4 is 22.0 Å². The zero-order chi connectivity index (χ0) is 15.2. The molecule has 1 atom stereocenters. The van der Waals surface area contributed by atoms with Gasteiger partial charge in [0, 0.05) is 5.33 Å². The van der Waals surface area contributed by atoms with Crippen molar-refractivity contribution in [2.24, 2.45) is 0 Å². The van der Waals surface area contributed by atoms with Gasteiger partial charge < -0.3 is 14.8 Å². The number of rotatable bonds is 5. The van der Waals surface area contributed by atoms with Gasteiger partial charge >= 0.3 is 6.09 Å². The van der Waals surface area contributed by atoms with Gasteiger partial charge in [0.25, 0.3) is 0 Å². The number of nitrogens with one attached hydrogen (secondary N) is 1. The number of alkyl carbamates (subject to hydrolysis) is 1. The van der Waals surface area contributed by atoms with E-state index in [1.807, 2.05) is 45.0 Å². The summed E-state index contributed by atoms with van der Waals surface area (Å²) in [6.07, 6.45) is 0.380. The number of hydrogen-bond acceptors (Lipinski definition) is 3. The van der Waals surface area contributed by atoms with Crippen LogP contribution >= 0.6 is 15.9 Å². The van der Waals surface area contributed by atoms with E-state index in [4.69, 9.17) is 9.47 Å². The molecule has 4 nitrogen and oxygen atoms in total. The molecule has 5 heteroatoms. The maximum absolute atomic E-state index is 11.9. The minimum Gasteiger partial charge on any atom is -0.497 e. The van der Waals surface area contributed by atoms with Crippen LogP contribution in [0.1, 0.15) is 38.8 Å². The molecule has 0 aliphatic carbocycles. The van der Waals surface area contributed by atoms with E-state index in [1.165, 1.54) is 0 Å². The second-order valence-corrected chi connectivity index (χ2v) is 6.24. The highest BCUT2D eigenvalue weighted by Crippen LogP contribution is 2.21. The van der Waals surface area contributed by atoms with E-state index >= 15 is 0 Å². The van der Waals surface area contributed by atoms with Crippen LogP contribution in [0.25, 0.3) is 0 Å². The van der Waals surface area contributed by atoms with Gasteiger partial charge in [-0.2, -0.15) is 0 Å². The first kappa shape index (κ1) is 16.8. The fourth-order valence-electron chi connectivity index (χ4n) is 1.72. The number of carbonyl (C=O) groups excluding carboxylic acids is 1.